The molecule has 0 heterocycles. The molecule has 0 bridgehead atoms. The maximum Gasteiger partial charge on any atom is 0.381 e. The van der Waals surface area contributed by atoms with Gasteiger partial charge in [0.15, 0.2) is 11.9 Å². The quantitative estimate of drug-likeness (QED) is 0.739. The Morgan fingerprint density at radius 3 is 2.57 bits per heavy atom. The van der Waals surface area contributed by atoms with Gasteiger partial charge in [-0.25, -0.2) is 0 Å². The number of phenols is 1. The van der Waals surface area contributed by atoms with Gasteiger partial charge in [-0.1, -0.05) is 16.7 Å². The summed E-state index contributed by atoms with van der Waals surface area (Å²) in [6, 6.07) is 6.25. The summed E-state index contributed by atoms with van der Waals surface area (Å²) < 4.78 is 11.5. The Labute approximate surface area is 82.0 Å². The summed E-state index contributed by atoms with van der Waals surface area (Å²) in [6.45, 7) is 0. The van der Waals surface area contributed by atoms with Gasteiger partial charge in [0, 0.05) is 0 Å². The lowest BCUT2D eigenvalue weighted by Crippen LogP contribution is -2.02. The van der Waals surface area contributed by atoms with Crippen LogP contribution in [0.1, 0.15) is 6.42 Å². The minimum absolute atomic E-state index is 0.0426. The summed E-state index contributed by atoms with van der Waals surface area (Å²) in [4.78, 5) is 10.2. The molecule has 0 aliphatic rings. The molecule has 0 aliphatic heterocycles. The van der Waals surface area contributed by atoms with Gasteiger partial charge in [-0.05, 0) is 12.1 Å². The molecule has 1 rings (SSSR count). The molecule has 14 heavy (non-hydrogen) atoms. The molecule has 0 saturated carbocycles. The number of hydrogen-bond acceptors (Lipinski definition) is 3. The molecule has 2 N–H and O–H groups in total. The molecule has 0 amide bonds. The van der Waals surface area contributed by atoms with Crippen LogP contribution >= 0.6 is 7.80 Å². The Kier molecular flexibility index (Phi) is 3.60. The lowest BCUT2D eigenvalue weighted by Gasteiger charge is -1.91. The Balaban J connectivity index is 2.70. The fourth-order valence-corrected chi connectivity index (χ4v) is 2.21. The van der Waals surface area contributed by atoms with Crippen LogP contribution in [0.15, 0.2) is 24.3 Å². The molecule has 0 fully saturated rings. The van der Waals surface area contributed by atoms with Gasteiger partial charge < -0.3 is 10.2 Å². The SMILES string of the molecule is O=C(O)CC[P+](=O)c1ccccc1O. The predicted molar refractivity (Wildman–Crippen MR) is 52.5 cm³/mol. The molecule has 4 nitrogen and oxygen atoms in total. The highest BCUT2D eigenvalue weighted by atomic mass is 31.1. The van der Waals surface area contributed by atoms with Gasteiger partial charge in [0.05, 0.1) is 6.42 Å². The number of hydrogen-bond donors (Lipinski definition) is 2. The minimum atomic E-state index is -1.81. The van der Waals surface area contributed by atoms with Crippen LogP contribution < -0.4 is 5.30 Å². The van der Waals surface area contributed by atoms with Crippen molar-refractivity contribution in [2.75, 3.05) is 6.16 Å². The van der Waals surface area contributed by atoms with E-state index in [4.69, 9.17) is 5.11 Å². The smallest absolute Gasteiger partial charge is 0.381 e. The summed E-state index contributed by atoms with van der Waals surface area (Å²) in [7, 11) is -1.81. The largest absolute Gasteiger partial charge is 0.504 e. The van der Waals surface area contributed by atoms with Gasteiger partial charge in [0.2, 0.25) is 5.30 Å². The van der Waals surface area contributed by atoms with Crippen molar-refractivity contribution in [3.63, 3.8) is 0 Å². The fourth-order valence-electron chi connectivity index (χ4n) is 0.993. The molecule has 1 atom stereocenters. The zero-order chi connectivity index (χ0) is 10.6. The number of para-hydroxylation sites is 1. The third kappa shape index (κ3) is 2.82. The average Bonchev–Trinajstić information content (AvgIpc) is 2.15. The van der Waals surface area contributed by atoms with Crippen molar-refractivity contribution in [1.29, 1.82) is 0 Å². The highest BCUT2D eigenvalue weighted by molar-refractivity contribution is 7.53. The lowest BCUT2D eigenvalue weighted by molar-refractivity contribution is -0.136. The first-order valence-electron chi connectivity index (χ1n) is 4.05. The van der Waals surface area contributed by atoms with E-state index in [0.29, 0.717) is 5.30 Å². The first-order valence-corrected chi connectivity index (χ1v) is 5.50. The number of carboxylic acid groups (broad SMARTS) is 1. The molecule has 1 aromatic carbocycles. The van der Waals surface area contributed by atoms with Gasteiger partial charge in [0.25, 0.3) is 0 Å². The Bertz CT molecular complexity index is 362. The van der Waals surface area contributed by atoms with E-state index in [-0.39, 0.29) is 18.3 Å². The highest BCUT2D eigenvalue weighted by Gasteiger charge is 2.24. The molecule has 0 radical (unpaired) electrons. The van der Waals surface area contributed by atoms with Gasteiger partial charge in [-0.2, -0.15) is 0 Å². The van der Waals surface area contributed by atoms with Crippen LogP contribution in [0.2, 0.25) is 0 Å². The van der Waals surface area contributed by atoms with Crippen molar-refractivity contribution in [1.82, 2.24) is 0 Å². The van der Waals surface area contributed by atoms with Crippen molar-refractivity contribution < 1.29 is 19.6 Å². The second-order valence-electron chi connectivity index (χ2n) is 2.73. The van der Waals surface area contributed by atoms with E-state index in [2.05, 4.69) is 0 Å². The second-order valence-corrected chi connectivity index (χ2v) is 4.42. The molecule has 0 aliphatic carbocycles. The molecular formula is C9H10O4P+. The van der Waals surface area contributed by atoms with Crippen LogP contribution in [-0.2, 0) is 9.36 Å². The maximum atomic E-state index is 11.5. The zero-order valence-corrected chi connectivity index (χ0v) is 8.28. The third-order valence-electron chi connectivity index (χ3n) is 1.68. The number of carboxylic acids is 1. The number of phenolic OH excluding ortho intramolecular Hbond substituents is 1. The summed E-state index contributed by atoms with van der Waals surface area (Å²) in [5, 5.41) is 18.0. The van der Waals surface area contributed by atoms with Crippen LogP contribution in [-0.4, -0.2) is 22.3 Å². The molecular weight excluding hydrogens is 203 g/mol. The Morgan fingerprint density at radius 2 is 2.00 bits per heavy atom. The topological polar surface area (TPSA) is 74.6 Å². The van der Waals surface area contributed by atoms with E-state index in [0.717, 1.165) is 0 Å². The summed E-state index contributed by atoms with van der Waals surface area (Å²) in [5.41, 5.74) is 0. The molecule has 5 heteroatoms. The van der Waals surface area contributed by atoms with Gasteiger partial charge >= 0.3 is 13.8 Å². The predicted octanol–water partition coefficient (Wildman–Crippen LogP) is 1.32. The van der Waals surface area contributed by atoms with Crippen LogP contribution in [0.25, 0.3) is 0 Å². The molecule has 0 spiro atoms. The Morgan fingerprint density at radius 1 is 1.36 bits per heavy atom. The standard InChI is InChI=1S/C9H9O4P/c10-7-3-1-2-4-8(7)14(13)6-5-9(11)12/h1-4H,5-6H2,(H-,10,11,12,13)/p+1. The number of aromatic hydroxyl groups is 1. The second kappa shape index (κ2) is 4.72. The van der Waals surface area contributed by atoms with Crippen LogP contribution in [0, 0.1) is 0 Å². The van der Waals surface area contributed by atoms with Crippen LogP contribution in [0.4, 0.5) is 0 Å². The summed E-state index contributed by atoms with van der Waals surface area (Å²) >= 11 is 0. The number of rotatable bonds is 4. The number of benzene rings is 1. The van der Waals surface area contributed by atoms with Crippen molar-refractivity contribution >= 4 is 19.1 Å². The van der Waals surface area contributed by atoms with E-state index in [1.54, 1.807) is 12.1 Å². The maximum absolute atomic E-state index is 11.5. The monoisotopic (exact) mass is 213 g/mol. The zero-order valence-electron chi connectivity index (χ0n) is 7.38. The van der Waals surface area contributed by atoms with Gasteiger partial charge in [-0.15, -0.1) is 0 Å². The lowest BCUT2D eigenvalue weighted by atomic mass is 10.3. The summed E-state index contributed by atoms with van der Waals surface area (Å²) in [5.74, 6) is -1.03. The van der Waals surface area contributed by atoms with E-state index >= 15 is 0 Å². The first-order chi connectivity index (χ1) is 6.61. The molecule has 74 valence electrons. The van der Waals surface area contributed by atoms with Crippen LogP contribution in [0.3, 0.4) is 0 Å². The summed E-state index contributed by atoms with van der Waals surface area (Å²) in [6.07, 6.45) is -0.0915. The number of aliphatic carboxylic acids is 1. The van der Waals surface area contributed by atoms with E-state index in [1.165, 1.54) is 12.1 Å². The Hall–Kier alpha value is -1.41. The van der Waals surface area contributed by atoms with Crippen molar-refractivity contribution in [2.24, 2.45) is 0 Å². The number of carbonyl (C=O) groups is 1. The molecule has 1 aromatic rings. The molecule has 0 aromatic heterocycles. The fraction of sp³-hybridized carbons (Fsp3) is 0.222. The molecule has 0 saturated heterocycles. The van der Waals surface area contributed by atoms with Crippen LogP contribution in [0.5, 0.6) is 5.75 Å². The van der Waals surface area contributed by atoms with Gasteiger partial charge in [-0.3, -0.25) is 4.79 Å². The van der Waals surface area contributed by atoms with Gasteiger partial charge in [0.1, 0.15) is 0 Å². The van der Waals surface area contributed by atoms with Crippen molar-refractivity contribution in [3.8, 4) is 5.75 Å². The minimum Gasteiger partial charge on any atom is -0.504 e. The van der Waals surface area contributed by atoms with Crippen molar-refractivity contribution in [3.05, 3.63) is 24.3 Å². The van der Waals surface area contributed by atoms with E-state index in [9.17, 15) is 14.5 Å². The first kappa shape index (κ1) is 10.7. The van der Waals surface area contributed by atoms with Crippen molar-refractivity contribution in [2.45, 2.75) is 6.42 Å². The van der Waals surface area contributed by atoms with E-state index in [1.807, 2.05) is 0 Å². The third-order valence-corrected chi connectivity index (χ3v) is 3.22. The highest BCUT2D eigenvalue weighted by Crippen LogP contribution is 2.25. The molecule has 1 unspecified atom stereocenters. The normalized spacial score (nSPS) is 11.0. The average molecular weight is 213 g/mol. The van der Waals surface area contributed by atoms with E-state index < -0.39 is 13.8 Å².